The highest BCUT2D eigenvalue weighted by Gasteiger charge is 2.44. The van der Waals surface area contributed by atoms with Crippen molar-refractivity contribution in [3.05, 3.63) is 18.2 Å². The summed E-state index contributed by atoms with van der Waals surface area (Å²) in [6.45, 7) is 6.27. The minimum absolute atomic E-state index is 0.0256. The number of benzene rings is 1. The van der Waals surface area contributed by atoms with Crippen LogP contribution in [0.3, 0.4) is 0 Å². The third kappa shape index (κ3) is 4.46. The van der Waals surface area contributed by atoms with Crippen LogP contribution in [0.2, 0.25) is 0 Å². The first-order valence-electron chi connectivity index (χ1n) is 10.8. The van der Waals surface area contributed by atoms with Crippen LogP contribution < -0.4 is 20.1 Å². The van der Waals surface area contributed by atoms with Crippen molar-refractivity contribution >= 4 is 11.7 Å². The van der Waals surface area contributed by atoms with E-state index in [4.69, 9.17) is 18.9 Å². The molecule has 1 aliphatic carbocycles. The predicted molar refractivity (Wildman–Crippen MR) is 109 cm³/mol. The first-order valence-corrected chi connectivity index (χ1v) is 10.8. The number of urea groups is 1. The van der Waals surface area contributed by atoms with Gasteiger partial charge in [-0.05, 0) is 44.2 Å². The van der Waals surface area contributed by atoms with Gasteiger partial charge in [0.1, 0.15) is 0 Å². The molecule has 7 heteroatoms. The van der Waals surface area contributed by atoms with E-state index in [-0.39, 0.29) is 17.7 Å². The van der Waals surface area contributed by atoms with E-state index in [1.165, 1.54) is 0 Å². The molecule has 0 bridgehead atoms. The lowest BCUT2D eigenvalue weighted by atomic mass is 9.82. The molecule has 2 heterocycles. The summed E-state index contributed by atoms with van der Waals surface area (Å²) < 4.78 is 23.5. The molecule has 2 amide bonds. The number of hydrogen-bond acceptors (Lipinski definition) is 5. The van der Waals surface area contributed by atoms with Gasteiger partial charge in [-0.3, -0.25) is 0 Å². The van der Waals surface area contributed by atoms with E-state index in [0.717, 1.165) is 50.7 Å². The van der Waals surface area contributed by atoms with Gasteiger partial charge < -0.3 is 29.6 Å². The van der Waals surface area contributed by atoms with Crippen LogP contribution in [0.25, 0.3) is 0 Å². The number of carbonyl (C=O) groups excluding carboxylic acids is 1. The molecule has 4 rings (SSSR count). The normalized spacial score (nSPS) is 22.0. The highest BCUT2D eigenvalue weighted by Crippen LogP contribution is 2.47. The summed E-state index contributed by atoms with van der Waals surface area (Å²) >= 11 is 0. The Labute approximate surface area is 172 Å². The minimum Gasteiger partial charge on any atom is -0.448 e. The maximum atomic E-state index is 12.3. The summed E-state index contributed by atoms with van der Waals surface area (Å²) in [5, 5.41) is 5.81. The maximum absolute atomic E-state index is 12.3. The van der Waals surface area contributed by atoms with Crippen molar-refractivity contribution in [3.63, 3.8) is 0 Å². The molecule has 1 saturated heterocycles. The quantitative estimate of drug-likeness (QED) is 0.658. The van der Waals surface area contributed by atoms with Crippen molar-refractivity contribution in [2.45, 2.75) is 70.9 Å². The summed E-state index contributed by atoms with van der Waals surface area (Å²) in [6.07, 6.45) is 6.71. The number of carbonyl (C=O) groups is 1. The van der Waals surface area contributed by atoms with Gasteiger partial charge in [0.15, 0.2) is 17.8 Å². The van der Waals surface area contributed by atoms with Gasteiger partial charge in [0.25, 0.3) is 5.79 Å². The number of hydrogen-bond donors (Lipinski definition) is 2. The second-order valence-electron chi connectivity index (χ2n) is 8.55. The molecule has 7 nitrogen and oxygen atoms in total. The number of ether oxygens (including phenoxy) is 4. The molecule has 1 aromatic rings. The van der Waals surface area contributed by atoms with Crippen LogP contribution >= 0.6 is 0 Å². The Morgan fingerprint density at radius 3 is 2.62 bits per heavy atom. The molecule has 29 heavy (non-hydrogen) atoms. The van der Waals surface area contributed by atoms with Crippen LogP contribution in [0.5, 0.6) is 11.5 Å². The zero-order valence-corrected chi connectivity index (χ0v) is 17.4. The van der Waals surface area contributed by atoms with Gasteiger partial charge in [-0.2, -0.15) is 0 Å². The Kier molecular flexibility index (Phi) is 5.88. The van der Waals surface area contributed by atoms with Crippen LogP contribution in [0.4, 0.5) is 10.5 Å². The van der Waals surface area contributed by atoms with Gasteiger partial charge in [-0.1, -0.05) is 13.8 Å². The van der Waals surface area contributed by atoms with Gasteiger partial charge in [-0.25, -0.2) is 4.79 Å². The fourth-order valence-electron chi connectivity index (χ4n) is 4.38. The lowest BCUT2D eigenvalue weighted by Gasteiger charge is -2.33. The Balaban J connectivity index is 1.22. The Morgan fingerprint density at radius 2 is 1.90 bits per heavy atom. The Hall–Kier alpha value is -1.99. The van der Waals surface area contributed by atoms with Gasteiger partial charge in [0.05, 0.1) is 13.2 Å². The van der Waals surface area contributed by atoms with Crippen molar-refractivity contribution in [1.29, 1.82) is 0 Å². The van der Waals surface area contributed by atoms with E-state index in [9.17, 15) is 4.79 Å². The van der Waals surface area contributed by atoms with Crippen LogP contribution in [0.1, 0.15) is 58.8 Å². The number of nitrogens with one attached hydrogen (secondary N) is 2. The molecule has 1 spiro atoms. The summed E-state index contributed by atoms with van der Waals surface area (Å²) in [5.74, 6) is 0.982. The number of anilines is 1. The van der Waals surface area contributed by atoms with Crippen LogP contribution in [0.15, 0.2) is 18.2 Å². The second kappa shape index (κ2) is 8.40. The molecule has 0 unspecified atom stereocenters. The number of amides is 2. The molecular weight excluding hydrogens is 372 g/mol. The summed E-state index contributed by atoms with van der Waals surface area (Å²) in [7, 11) is 0. The lowest BCUT2D eigenvalue weighted by Crippen LogP contribution is -2.35. The average Bonchev–Trinajstić information content (AvgIpc) is 3.46. The lowest BCUT2D eigenvalue weighted by molar-refractivity contribution is -0.131. The Morgan fingerprint density at radius 1 is 1.17 bits per heavy atom. The van der Waals surface area contributed by atoms with Crippen molar-refractivity contribution in [2.24, 2.45) is 5.41 Å². The molecule has 0 aromatic heterocycles. The first kappa shape index (κ1) is 20.3. The molecule has 0 radical (unpaired) electrons. The van der Waals surface area contributed by atoms with Crippen LogP contribution in [-0.4, -0.2) is 37.9 Å². The van der Waals surface area contributed by atoms with Gasteiger partial charge in [0.2, 0.25) is 0 Å². The van der Waals surface area contributed by atoms with Crippen molar-refractivity contribution in [1.82, 2.24) is 5.32 Å². The predicted octanol–water partition coefficient (Wildman–Crippen LogP) is 4.42. The topological polar surface area (TPSA) is 78.1 Å². The minimum atomic E-state index is -0.484. The number of fused-ring (bicyclic) bond motifs is 1. The zero-order valence-electron chi connectivity index (χ0n) is 17.4. The van der Waals surface area contributed by atoms with E-state index in [0.29, 0.717) is 31.2 Å². The highest BCUT2D eigenvalue weighted by atomic mass is 16.7. The van der Waals surface area contributed by atoms with Crippen LogP contribution in [0, 0.1) is 5.41 Å². The molecular formula is C22H32N2O5. The summed E-state index contributed by atoms with van der Waals surface area (Å²) in [5.41, 5.74) is 0.674. The maximum Gasteiger partial charge on any atom is 0.319 e. The van der Waals surface area contributed by atoms with E-state index >= 15 is 0 Å². The molecule has 2 aliphatic heterocycles. The molecule has 2 N–H and O–H groups in total. The summed E-state index contributed by atoms with van der Waals surface area (Å²) in [4.78, 5) is 12.3. The standard InChI is InChI=1S/C22H32N2O5/c1-3-21(2,19-26-13-14-27-19)9-6-12-23-20(25)24-16-7-8-17-18(15-16)29-22(28-17)10-4-5-11-22/h7-8,15,19H,3-6,9-14H2,1-2H3,(H2,23,24,25)/t21-/m1/s1. The van der Waals surface area contributed by atoms with Crippen molar-refractivity contribution in [2.75, 3.05) is 25.1 Å². The zero-order chi connectivity index (χ0) is 20.3. The molecule has 3 aliphatic rings. The van der Waals surface area contributed by atoms with E-state index in [1.54, 1.807) is 0 Å². The largest absolute Gasteiger partial charge is 0.448 e. The molecule has 1 saturated carbocycles. The Bertz CT molecular complexity index is 728. The molecule has 1 atom stereocenters. The van der Waals surface area contributed by atoms with Gasteiger partial charge >= 0.3 is 6.03 Å². The monoisotopic (exact) mass is 404 g/mol. The molecule has 160 valence electrons. The molecule has 1 aromatic carbocycles. The second-order valence-corrected chi connectivity index (χ2v) is 8.55. The summed E-state index contributed by atoms with van der Waals surface area (Å²) in [6, 6.07) is 5.33. The smallest absolute Gasteiger partial charge is 0.319 e. The fourth-order valence-corrected chi connectivity index (χ4v) is 4.38. The van der Waals surface area contributed by atoms with Gasteiger partial charge in [-0.15, -0.1) is 0 Å². The third-order valence-electron chi connectivity index (χ3n) is 6.37. The van der Waals surface area contributed by atoms with E-state index in [1.807, 2.05) is 18.2 Å². The third-order valence-corrected chi connectivity index (χ3v) is 6.37. The molecule has 2 fully saturated rings. The average molecular weight is 405 g/mol. The van der Waals surface area contributed by atoms with E-state index < -0.39 is 5.79 Å². The van der Waals surface area contributed by atoms with Crippen LogP contribution in [-0.2, 0) is 9.47 Å². The highest BCUT2D eigenvalue weighted by molar-refractivity contribution is 5.89. The fraction of sp³-hybridized carbons (Fsp3) is 0.682. The number of rotatable bonds is 7. The van der Waals surface area contributed by atoms with Gasteiger partial charge in [0, 0.05) is 36.6 Å². The van der Waals surface area contributed by atoms with Crippen molar-refractivity contribution in [3.8, 4) is 11.5 Å². The SMILES string of the molecule is CC[C@](C)(CCCNC(=O)Nc1ccc2c(c1)OC1(CCCC1)O2)C1OCCO1. The van der Waals surface area contributed by atoms with Crippen molar-refractivity contribution < 1.29 is 23.7 Å². The van der Waals surface area contributed by atoms with E-state index in [2.05, 4.69) is 24.5 Å². The first-order chi connectivity index (χ1) is 14.0.